The van der Waals surface area contributed by atoms with Crippen LogP contribution in [-0.2, 0) is 18.4 Å². The molecule has 0 unspecified atom stereocenters. The molecule has 6 heteroatoms. The highest BCUT2D eigenvalue weighted by atomic mass is 35.5. The van der Waals surface area contributed by atoms with Crippen molar-refractivity contribution < 1.29 is 9.63 Å². The zero-order valence-electron chi connectivity index (χ0n) is 14.9. The lowest BCUT2D eigenvalue weighted by molar-refractivity contribution is -0.102. The average Bonchev–Trinajstić information content (AvgIpc) is 2.98. The van der Waals surface area contributed by atoms with Crippen LogP contribution in [0.4, 0.5) is 0 Å². The van der Waals surface area contributed by atoms with E-state index in [4.69, 9.17) is 16.4 Å². The van der Waals surface area contributed by atoms with Gasteiger partial charge < -0.3 is 0 Å². The summed E-state index contributed by atoms with van der Waals surface area (Å²) in [6.07, 6.45) is 1.70. The van der Waals surface area contributed by atoms with Gasteiger partial charge in [-0.05, 0) is 35.7 Å². The van der Waals surface area contributed by atoms with Crippen molar-refractivity contribution in [1.29, 1.82) is 0 Å². The number of hydroxylamine groups is 2. The van der Waals surface area contributed by atoms with E-state index < -0.39 is 0 Å². The molecule has 0 spiro atoms. The van der Waals surface area contributed by atoms with Crippen LogP contribution in [0.15, 0.2) is 54.7 Å². The topological polar surface area (TPSA) is 47.4 Å². The third-order valence-electron chi connectivity index (χ3n) is 4.15. The fourth-order valence-electron chi connectivity index (χ4n) is 2.77. The third-order valence-corrected chi connectivity index (χ3v) is 4.40. The average molecular weight is 370 g/mol. The molecular formula is C20H20ClN3O2. The van der Waals surface area contributed by atoms with Crippen molar-refractivity contribution in [3.05, 3.63) is 76.6 Å². The zero-order chi connectivity index (χ0) is 18.7. The molecule has 0 bridgehead atoms. The van der Waals surface area contributed by atoms with E-state index in [1.807, 2.05) is 55.5 Å². The van der Waals surface area contributed by atoms with Gasteiger partial charge in [-0.25, -0.2) is 5.06 Å². The molecule has 5 nitrogen and oxygen atoms in total. The second-order valence-corrected chi connectivity index (χ2v) is 6.47. The van der Waals surface area contributed by atoms with Gasteiger partial charge in [0.15, 0.2) is 0 Å². The summed E-state index contributed by atoms with van der Waals surface area (Å²) < 4.78 is 1.62. The van der Waals surface area contributed by atoms with E-state index in [0.717, 1.165) is 16.7 Å². The molecule has 0 aliphatic rings. The molecule has 2 aromatic carbocycles. The van der Waals surface area contributed by atoms with Crippen LogP contribution in [0.1, 0.15) is 21.6 Å². The minimum absolute atomic E-state index is 0.208. The Labute approximate surface area is 157 Å². The first kappa shape index (κ1) is 18.2. The second-order valence-electron chi connectivity index (χ2n) is 6.03. The normalized spacial score (nSPS) is 10.8. The summed E-state index contributed by atoms with van der Waals surface area (Å²) >= 11 is 5.93. The summed E-state index contributed by atoms with van der Waals surface area (Å²) in [6, 6.07) is 15.7. The van der Waals surface area contributed by atoms with Crippen molar-refractivity contribution in [1.82, 2.24) is 14.8 Å². The predicted octanol–water partition coefficient (Wildman–Crippen LogP) is 4.25. The monoisotopic (exact) mass is 369 g/mol. The molecule has 0 saturated carbocycles. The van der Waals surface area contributed by atoms with E-state index in [-0.39, 0.29) is 5.91 Å². The first-order chi connectivity index (χ1) is 12.5. The van der Waals surface area contributed by atoms with Gasteiger partial charge in [-0.3, -0.25) is 14.3 Å². The first-order valence-electron chi connectivity index (χ1n) is 8.19. The molecule has 3 rings (SSSR count). The van der Waals surface area contributed by atoms with Gasteiger partial charge in [0, 0.05) is 18.3 Å². The van der Waals surface area contributed by atoms with Crippen molar-refractivity contribution in [2.75, 3.05) is 7.11 Å². The van der Waals surface area contributed by atoms with Crippen LogP contribution in [0, 0.1) is 6.92 Å². The van der Waals surface area contributed by atoms with Crippen LogP contribution in [-0.4, -0.2) is 27.9 Å². The molecule has 0 radical (unpaired) electrons. The van der Waals surface area contributed by atoms with E-state index in [9.17, 15) is 4.79 Å². The number of carbonyl (C=O) groups excluding carboxylic acids is 1. The quantitative estimate of drug-likeness (QED) is 0.631. The van der Waals surface area contributed by atoms with Crippen molar-refractivity contribution in [2.24, 2.45) is 7.05 Å². The van der Waals surface area contributed by atoms with Gasteiger partial charge in [0.25, 0.3) is 5.91 Å². The minimum Gasteiger partial charge on any atom is -0.275 e. The number of halogens is 1. The van der Waals surface area contributed by atoms with Crippen LogP contribution < -0.4 is 0 Å². The Bertz CT molecular complexity index is 902. The molecular weight excluding hydrogens is 350 g/mol. The summed E-state index contributed by atoms with van der Waals surface area (Å²) in [7, 11) is 3.28. The fraction of sp³-hybridized carbons (Fsp3) is 0.200. The Morgan fingerprint density at radius 1 is 1.12 bits per heavy atom. The number of aryl methyl sites for hydroxylation is 2. The lowest BCUT2D eigenvalue weighted by Gasteiger charge is -2.19. The molecule has 0 N–H and O–H groups in total. The second kappa shape index (κ2) is 7.72. The number of aromatic nitrogens is 2. The fourth-order valence-corrected chi connectivity index (χ4v) is 2.90. The van der Waals surface area contributed by atoms with Crippen LogP contribution >= 0.6 is 11.6 Å². The molecule has 1 amide bonds. The van der Waals surface area contributed by atoms with Crippen molar-refractivity contribution in [3.63, 3.8) is 0 Å². The predicted molar refractivity (Wildman–Crippen MR) is 102 cm³/mol. The Hall–Kier alpha value is -2.63. The molecule has 0 saturated heterocycles. The maximum atomic E-state index is 12.7. The van der Waals surface area contributed by atoms with Crippen molar-refractivity contribution >= 4 is 17.5 Å². The molecule has 0 aliphatic carbocycles. The first-order valence-corrected chi connectivity index (χ1v) is 8.57. The van der Waals surface area contributed by atoms with Gasteiger partial charge in [0.2, 0.25) is 0 Å². The van der Waals surface area contributed by atoms with E-state index in [1.54, 1.807) is 17.9 Å². The Kier molecular flexibility index (Phi) is 5.40. The van der Waals surface area contributed by atoms with Gasteiger partial charge in [-0.15, -0.1) is 0 Å². The van der Waals surface area contributed by atoms with Gasteiger partial charge >= 0.3 is 0 Å². The van der Waals surface area contributed by atoms with E-state index in [2.05, 4.69) is 5.10 Å². The van der Waals surface area contributed by atoms with E-state index in [0.29, 0.717) is 22.8 Å². The van der Waals surface area contributed by atoms with Crippen LogP contribution in [0.5, 0.6) is 0 Å². The number of rotatable bonds is 5. The van der Waals surface area contributed by atoms with Gasteiger partial charge in [0.05, 0.1) is 24.9 Å². The summed E-state index contributed by atoms with van der Waals surface area (Å²) in [4.78, 5) is 18.0. The van der Waals surface area contributed by atoms with Gasteiger partial charge in [0.1, 0.15) is 0 Å². The number of nitrogens with zero attached hydrogens (tertiary/aromatic N) is 3. The van der Waals surface area contributed by atoms with E-state index in [1.165, 1.54) is 12.2 Å². The highest BCUT2D eigenvalue weighted by Gasteiger charge is 2.20. The number of amides is 1. The Morgan fingerprint density at radius 3 is 2.19 bits per heavy atom. The Morgan fingerprint density at radius 2 is 1.69 bits per heavy atom. The highest BCUT2D eigenvalue weighted by Crippen LogP contribution is 2.22. The largest absolute Gasteiger partial charge is 0.281 e. The molecule has 3 aromatic rings. The SMILES string of the molecule is CON(Cc1ccc(-c2ccc(Cl)cc2)cc1)C(=O)c1cn(C)nc1C. The maximum Gasteiger partial charge on any atom is 0.281 e. The maximum absolute atomic E-state index is 12.7. The van der Waals surface area contributed by atoms with E-state index >= 15 is 0 Å². The summed E-state index contributed by atoms with van der Waals surface area (Å²) in [6.45, 7) is 2.16. The minimum atomic E-state index is -0.208. The number of benzene rings is 2. The third kappa shape index (κ3) is 3.95. The van der Waals surface area contributed by atoms with Crippen LogP contribution in [0.2, 0.25) is 5.02 Å². The Balaban J connectivity index is 1.75. The summed E-state index contributed by atoms with van der Waals surface area (Å²) in [5.41, 5.74) is 4.36. The number of carbonyl (C=O) groups is 1. The molecule has 0 fully saturated rings. The summed E-state index contributed by atoms with van der Waals surface area (Å²) in [5.74, 6) is -0.208. The van der Waals surface area contributed by atoms with Crippen molar-refractivity contribution in [2.45, 2.75) is 13.5 Å². The molecule has 0 aliphatic heterocycles. The number of hydrogen-bond donors (Lipinski definition) is 0. The smallest absolute Gasteiger partial charge is 0.275 e. The lowest BCUT2D eigenvalue weighted by atomic mass is 10.0. The molecule has 1 heterocycles. The standard InChI is InChI=1S/C20H20ClN3O2/c1-14-19(13-23(2)22-14)20(25)24(26-3)12-15-4-6-16(7-5-15)17-8-10-18(21)11-9-17/h4-11,13H,12H2,1-3H3. The number of hydrogen-bond acceptors (Lipinski definition) is 3. The zero-order valence-corrected chi connectivity index (χ0v) is 15.7. The molecule has 134 valence electrons. The van der Waals surface area contributed by atoms with Crippen LogP contribution in [0.3, 0.4) is 0 Å². The van der Waals surface area contributed by atoms with Gasteiger partial charge in [-0.1, -0.05) is 48.0 Å². The van der Waals surface area contributed by atoms with Gasteiger partial charge in [-0.2, -0.15) is 5.10 Å². The van der Waals surface area contributed by atoms with Crippen molar-refractivity contribution in [3.8, 4) is 11.1 Å². The molecule has 26 heavy (non-hydrogen) atoms. The highest BCUT2D eigenvalue weighted by molar-refractivity contribution is 6.30. The molecule has 0 atom stereocenters. The molecule has 1 aromatic heterocycles. The lowest BCUT2D eigenvalue weighted by Crippen LogP contribution is -2.29. The summed E-state index contributed by atoms with van der Waals surface area (Å²) in [5, 5.41) is 6.26. The van der Waals surface area contributed by atoms with Crippen LogP contribution in [0.25, 0.3) is 11.1 Å².